The number of pyridine rings is 1. The van der Waals surface area contributed by atoms with Crippen molar-refractivity contribution in [1.29, 1.82) is 0 Å². The normalized spacial score (nSPS) is 14.4. The average Bonchev–Trinajstić information content (AvgIpc) is 3.34. The summed E-state index contributed by atoms with van der Waals surface area (Å²) in [6, 6.07) is 12.3. The van der Waals surface area contributed by atoms with Crippen molar-refractivity contribution in [1.82, 2.24) is 24.3 Å². The van der Waals surface area contributed by atoms with Crippen LogP contribution in [0.5, 0.6) is 0 Å². The summed E-state index contributed by atoms with van der Waals surface area (Å²) in [6.45, 7) is 11.4. The second-order valence-corrected chi connectivity index (χ2v) is 8.41. The van der Waals surface area contributed by atoms with Crippen LogP contribution in [0.15, 0.2) is 74.0 Å². The molecule has 1 aliphatic heterocycles. The quantitative estimate of drug-likeness (QED) is 0.448. The number of hydrogen-bond donors (Lipinski definition) is 1. The zero-order chi connectivity index (χ0) is 23.5. The van der Waals surface area contributed by atoms with Crippen LogP contribution in [0.4, 0.5) is 23.0 Å². The van der Waals surface area contributed by atoms with E-state index in [1.54, 1.807) is 12.4 Å². The van der Waals surface area contributed by atoms with E-state index in [9.17, 15) is 0 Å². The van der Waals surface area contributed by atoms with Gasteiger partial charge in [0.15, 0.2) is 11.5 Å². The number of rotatable bonds is 7. The molecular weight excluding hydrogens is 424 g/mol. The van der Waals surface area contributed by atoms with E-state index in [1.807, 2.05) is 53.1 Å². The zero-order valence-electron chi connectivity index (χ0n) is 19.7. The van der Waals surface area contributed by atoms with Gasteiger partial charge >= 0.3 is 0 Å². The highest BCUT2D eigenvalue weighted by atomic mass is 15.3. The van der Waals surface area contributed by atoms with Gasteiger partial charge in [0.25, 0.3) is 0 Å². The van der Waals surface area contributed by atoms with Crippen LogP contribution in [-0.2, 0) is 0 Å². The third-order valence-electron chi connectivity index (χ3n) is 6.41. The molecule has 3 aromatic heterocycles. The molecule has 1 N–H and O–H groups in total. The first-order valence-corrected chi connectivity index (χ1v) is 11.6. The first kappa shape index (κ1) is 21.9. The van der Waals surface area contributed by atoms with Crippen molar-refractivity contribution in [3.8, 4) is 11.3 Å². The summed E-state index contributed by atoms with van der Waals surface area (Å²) >= 11 is 0. The van der Waals surface area contributed by atoms with E-state index in [0.29, 0.717) is 5.82 Å². The Morgan fingerprint density at radius 1 is 1.06 bits per heavy atom. The molecule has 4 aromatic rings. The number of fused-ring (bicyclic) bond motifs is 1. The molecule has 0 unspecified atom stereocenters. The maximum Gasteiger partial charge on any atom is 0.180 e. The molecule has 1 fully saturated rings. The highest BCUT2D eigenvalue weighted by Gasteiger charge is 2.17. The number of imidazole rings is 1. The molecule has 0 amide bonds. The molecule has 1 aromatic carbocycles. The molecule has 8 heteroatoms. The summed E-state index contributed by atoms with van der Waals surface area (Å²) in [4.78, 5) is 20.8. The lowest BCUT2D eigenvalue weighted by Gasteiger charge is -2.34. The molecular formula is C26H30N8. The molecule has 8 nitrogen and oxygen atoms in total. The van der Waals surface area contributed by atoms with Gasteiger partial charge in [-0.05, 0) is 43.1 Å². The molecule has 0 saturated carbocycles. The Hall–Kier alpha value is -3.91. The standard InChI is InChI=1S/C26H30N8/c1-4-31(3)22-8-6-7-21(17-22)30-25-26-29-19-23(34(26)12-11-27-25)20-9-10-24(28-18-20)33-15-13-32(5-2)14-16-33/h4,6-12,17-19H,1,5,13-16H2,2-3H3,(H,27,30). The Balaban J connectivity index is 1.38. The van der Waals surface area contributed by atoms with Crippen molar-refractivity contribution in [3.05, 3.63) is 74.0 Å². The zero-order valence-corrected chi connectivity index (χ0v) is 19.7. The Morgan fingerprint density at radius 2 is 1.91 bits per heavy atom. The topological polar surface area (TPSA) is 64.8 Å². The molecule has 4 heterocycles. The van der Waals surface area contributed by atoms with Gasteiger partial charge in [-0.2, -0.15) is 0 Å². The van der Waals surface area contributed by atoms with Crippen LogP contribution in [0, 0.1) is 0 Å². The molecule has 0 spiro atoms. The predicted octanol–water partition coefficient (Wildman–Crippen LogP) is 4.26. The van der Waals surface area contributed by atoms with Gasteiger partial charge < -0.3 is 20.0 Å². The highest BCUT2D eigenvalue weighted by Crippen LogP contribution is 2.27. The fraction of sp³-hybridized carbons (Fsp3) is 0.269. The molecule has 1 aliphatic rings. The van der Waals surface area contributed by atoms with Crippen LogP contribution in [0.2, 0.25) is 0 Å². The van der Waals surface area contributed by atoms with Crippen LogP contribution in [0.1, 0.15) is 6.92 Å². The second-order valence-electron chi connectivity index (χ2n) is 8.41. The third-order valence-corrected chi connectivity index (χ3v) is 6.41. The Bertz CT molecular complexity index is 1270. The van der Waals surface area contributed by atoms with Crippen molar-refractivity contribution in [2.24, 2.45) is 0 Å². The van der Waals surface area contributed by atoms with Crippen LogP contribution >= 0.6 is 0 Å². The molecule has 1 saturated heterocycles. The lowest BCUT2D eigenvalue weighted by Crippen LogP contribution is -2.46. The van der Waals surface area contributed by atoms with E-state index >= 15 is 0 Å². The van der Waals surface area contributed by atoms with Gasteiger partial charge in [-0.25, -0.2) is 15.0 Å². The number of anilines is 4. The van der Waals surface area contributed by atoms with Crippen LogP contribution < -0.4 is 15.1 Å². The molecule has 0 atom stereocenters. The smallest absolute Gasteiger partial charge is 0.180 e. The SMILES string of the molecule is C=CN(C)c1cccc(Nc2nccn3c(-c4ccc(N5CCN(CC)CC5)nc4)cnc23)c1. The highest BCUT2D eigenvalue weighted by molar-refractivity contribution is 5.75. The fourth-order valence-electron chi connectivity index (χ4n) is 4.28. The van der Waals surface area contributed by atoms with Crippen molar-refractivity contribution in [3.63, 3.8) is 0 Å². The number of likely N-dealkylation sites (N-methyl/N-ethyl adjacent to an activating group) is 1. The molecule has 0 aliphatic carbocycles. The third kappa shape index (κ3) is 4.32. The van der Waals surface area contributed by atoms with E-state index in [1.165, 1.54) is 0 Å². The Labute approximate surface area is 200 Å². The maximum atomic E-state index is 4.76. The molecule has 174 valence electrons. The lowest BCUT2D eigenvalue weighted by molar-refractivity contribution is 0.270. The number of nitrogens with zero attached hydrogens (tertiary/aromatic N) is 7. The fourth-order valence-corrected chi connectivity index (χ4v) is 4.28. The molecule has 0 bridgehead atoms. The number of piperazine rings is 1. The van der Waals surface area contributed by atoms with Gasteiger partial charge in [0.05, 0.1) is 11.9 Å². The average molecular weight is 455 g/mol. The number of hydrogen-bond acceptors (Lipinski definition) is 7. The van der Waals surface area contributed by atoms with Crippen molar-refractivity contribution < 1.29 is 0 Å². The van der Waals surface area contributed by atoms with E-state index in [4.69, 9.17) is 4.98 Å². The monoisotopic (exact) mass is 454 g/mol. The maximum absolute atomic E-state index is 4.76. The first-order chi connectivity index (χ1) is 16.7. The summed E-state index contributed by atoms with van der Waals surface area (Å²) < 4.78 is 2.05. The molecule has 34 heavy (non-hydrogen) atoms. The lowest BCUT2D eigenvalue weighted by atomic mass is 10.2. The number of aromatic nitrogens is 4. The molecule has 5 rings (SSSR count). The predicted molar refractivity (Wildman–Crippen MR) is 139 cm³/mol. The largest absolute Gasteiger partial charge is 0.354 e. The minimum atomic E-state index is 0.700. The van der Waals surface area contributed by atoms with Crippen molar-refractivity contribution >= 4 is 28.7 Å². The number of nitrogens with one attached hydrogen (secondary N) is 1. The summed E-state index contributed by atoms with van der Waals surface area (Å²) in [5, 5.41) is 3.41. The summed E-state index contributed by atoms with van der Waals surface area (Å²) in [5.41, 5.74) is 4.74. The minimum Gasteiger partial charge on any atom is -0.354 e. The van der Waals surface area contributed by atoms with Crippen LogP contribution in [0.3, 0.4) is 0 Å². The van der Waals surface area contributed by atoms with Gasteiger partial charge in [-0.3, -0.25) is 4.40 Å². The van der Waals surface area contributed by atoms with Gasteiger partial charge in [0.1, 0.15) is 5.82 Å². The summed E-state index contributed by atoms with van der Waals surface area (Å²) in [7, 11) is 1.97. The summed E-state index contributed by atoms with van der Waals surface area (Å²) in [5.74, 6) is 1.73. The van der Waals surface area contributed by atoms with Gasteiger partial charge in [-0.15, -0.1) is 0 Å². The first-order valence-electron chi connectivity index (χ1n) is 11.6. The van der Waals surface area contributed by atoms with E-state index in [2.05, 4.69) is 56.8 Å². The summed E-state index contributed by atoms with van der Waals surface area (Å²) in [6.07, 6.45) is 9.31. The van der Waals surface area contributed by atoms with Crippen molar-refractivity contribution in [2.45, 2.75) is 6.92 Å². The van der Waals surface area contributed by atoms with Gasteiger partial charge in [0.2, 0.25) is 0 Å². The van der Waals surface area contributed by atoms with Crippen molar-refractivity contribution in [2.75, 3.05) is 54.9 Å². The Kier molecular flexibility index (Phi) is 6.14. The minimum absolute atomic E-state index is 0.700. The van der Waals surface area contributed by atoms with E-state index < -0.39 is 0 Å². The van der Waals surface area contributed by atoms with Crippen LogP contribution in [-0.4, -0.2) is 64.0 Å². The van der Waals surface area contributed by atoms with Crippen LogP contribution in [0.25, 0.3) is 16.9 Å². The van der Waals surface area contributed by atoms with Gasteiger partial charge in [-0.1, -0.05) is 19.6 Å². The van der Waals surface area contributed by atoms with Gasteiger partial charge in [0, 0.05) is 68.8 Å². The van der Waals surface area contributed by atoms with E-state index in [0.717, 1.165) is 66.8 Å². The Morgan fingerprint density at radius 3 is 2.65 bits per heavy atom. The molecule has 0 radical (unpaired) electrons. The van der Waals surface area contributed by atoms with E-state index in [-0.39, 0.29) is 0 Å². The number of benzene rings is 1. The second kappa shape index (κ2) is 9.52.